The van der Waals surface area contributed by atoms with E-state index in [0.29, 0.717) is 6.04 Å². The number of nitrogens with zero attached hydrogens (tertiary/aromatic N) is 1. The average molecular weight is 387 g/mol. The van der Waals surface area contributed by atoms with E-state index < -0.39 is 0 Å². The van der Waals surface area contributed by atoms with Gasteiger partial charge in [0.2, 0.25) is 0 Å². The number of hydrogen-bond donors (Lipinski definition) is 1. The fourth-order valence-electron chi connectivity index (χ4n) is 3.63. The van der Waals surface area contributed by atoms with E-state index in [9.17, 15) is 0 Å². The predicted molar refractivity (Wildman–Crippen MR) is 110 cm³/mol. The maximum Gasteiger partial charge on any atom is 0.0763 e. The van der Waals surface area contributed by atoms with Gasteiger partial charge in [-0.05, 0) is 61.9 Å². The van der Waals surface area contributed by atoms with Crippen LogP contribution in [0.4, 0.5) is 0 Å². The summed E-state index contributed by atoms with van der Waals surface area (Å²) in [6, 6.07) is 10.7. The summed E-state index contributed by atoms with van der Waals surface area (Å²) in [7, 11) is 0. The largest absolute Gasteiger partial charge is 0.375 e. The van der Waals surface area contributed by atoms with E-state index in [1.54, 1.807) is 11.3 Å². The molecule has 3 aromatic rings. The second-order valence-electron chi connectivity index (χ2n) is 7.52. The maximum absolute atomic E-state index is 6.16. The number of ether oxygens (including phenoxy) is 1. The van der Waals surface area contributed by atoms with Crippen molar-refractivity contribution in [3.63, 3.8) is 0 Å². The number of benzene rings is 1. The minimum Gasteiger partial charge on any atom is -0.375 e. The summed E-state index contributed by atoms with van der Waals surface area (Å²) < 4.78 is 5.84. The van der Waals surface area contributed by atoms with Crippen molar-refractivity contribution >= 4 is 33.8 Å². The topological polar surface area (TPSA) is 34.2 Å². The molecule has 3 nitrogen and oxygen atoms in total. The molecule has 1 atom stereocenters. The van der Waals surface area contributed by atoms with Gasteiger partial charge in [0, 0.05) is 40.5 Å². The van der Waals surface area contributed by atoms with Gasteiger partial charge in [0.25, 0.3) is 0 Å². The number of nitrogens with one attached hydrogen (secondary N) is 1. The van der Waals surface area contributed by atoms with E-state index in [2.05, 4.69) is 42.1 Å². The lowest BCUT2D eigenvalue weighted by Gasteiger charge is -2.36. The van der Waals surface area contributed by atoms with Crippen molar-refractivity contribution in [1.82, 2.24) is 10.3 Å². The van der Waals surface area contributed by atoms with E-state index in [-0.39, 0.29) is 5.60 Å². The summed E-state index contributed by atoms with van der Waals surface area (Å²) in [4.78, 5) is 4.93. The summed E-state index contributed by atoms with van der Waals surface area (Å²) in [5.74, 6) is 0. The van der Waals surface area contributed by atoms with Crippen molar-refractivity contribution in [3.05, 3.63) is 51.7 Å². The second-order valence-corrected chi connectivity index (χ2v) is 8.74. The van der Waals surface area contributed by atoms with Gasteiger partial charge in [-0.1, -0.05) is 17.7 Å². The van der Waals surface area contributed by atoms with E-state index in [0.717, 1.165) is 47.6 Å². The number of rotatable bonds is 4. The first-order chi connectivity index (χ1) is 12.5. The third-order valence-corrected chi connectivity index (χ3v) is 5.85. The highest BCUT2D eigenvalue weighted by Crippen LogP contribution is 2.29. The van der Waals surface area contributed by atoms with Crippen molar-refractivity contribution in [1.29, 1.82) is 0 Å². The number of fused-ring (bicyclic) bond motifs is 1. The number of pyridine rings is 1. The van der Waals surface area contributed by atoms with Crippen molar-refractivity contribution in [2.75, 3.05) is 6.61 Å². The third kappa shape index (κ3) is 3.94. The molecule has 0 amide bonds. The second kappa shape index (κ2) is 7.28. The van der Waals surface area contributed by atoms with E-state index in [1.807, 2.05) is 18.2 Å². The molecular weight excluding hydrogens is 364 g/mol. The van der Waals surface area contributed by atoms with Crippen LogP contribution >= 0.6 is 22.9 Å². The van der Waals surface area contributed by atoms with Gasteiger partial charge in [0.1, 0.15) is 0 Å². The lowest BCUT2D eigenvalue weighted by Crippen LogP contribution is -2.43. The highest BCUT2D eigenvalue weighted by atomic mass is 35.5. The average Bonchev–Trinajstić information content (AvgIpc) is 3.13. The molecular formula is C21H23ClN2OS. The fraction of sp³-hybridized carbons (Fsp3) is 0.381. The Hall–Kier alpha value is -1.46. The third-order valence-electron chi connectivity index (χ3n) is 4.93. The van der Waals surface area contributed by atoms with Crippen LogP contribution in [0.3, 0.4) is 0 Å². The fourth-order valence-corrected chi connectivity index (χ4v) is 4.44. The van der Waals surface area contributed by atoms with Gasteiger partial charge in [-0.2, -0.15) is 11.3 Å². The van der Waals surface area contributed by atoms with Crippen molar-refractivity contribution in [2.24, 2.45) is 0 Å². The first-order valence-corrected chi connectivity index (χ1v) is 10.3. The zero-order valence-corrected chi connectivity index (χ0v) is 16.7. The monoisotopic (exact) mass is 386 g/mol. The molecule has 26 heavy (non-hydrogen) atoms. The number of hydrogen-bond acceptors (Lipinski definition) is 4. The van der Waals surface area contributed by atoms with Gasteiger partial charge < -0.3 is 10.1 Å². The van der Waals surface area contributed by atoms with Gasteiger partial charge in [0.15, 0.2) is 0 Å². The van der Waals surface area contributed by atoms with Gasteiger partial charge in [-0.25, -0.2) is 4.98 Å². The van der Waals surface area contributed by atoms with E-state index in [4.69, 9.17) is 21.3 Å². The summed E-state index contributed by atoms with van der Waals surface area (Å²) in [6.07, 6.45) is 2.07. The Morgan fingerprint density at radius 2 is 2.19 bits per heavy atom. The number of halogens is 1. The molecule has 0 aliphatic carbocycles. The zero-order valence-electron chi connectivity index (χ0n) is 15.1. The SMILES string of the molecule is CC1(C)C[C@@H](NCc2cc3ccc(Cl)cc3nc2-c2ccsc2)CCO1. The number of thiophene rings is 1. The first kappa shape index (κ1) is 17.9. The summed E-state index contributed by atoms with van der Waals surface area (Å²) in [6.45, 7) is 5.95. The van der Waals surface area contributed by atoms with Crippen LogP contribution in [-0.2, 0) is 11.3 Å². The highest BCUT2D eigenvalue weighted by molar-refractivity contribution is 7.08. The van der Waals surface area contributed by atoms with E-state index in [1.165, 1.54) is 11.1 Å². The standard InChI is InChI=1S/C21H23ClN2OS/c1-21(2)11-18(5-7-25-21)23-12-16-9-14-3-4-17(22)10-19(14)24-20(16)15-6-8-26-13-15/h3-4,6,8-10,13,18,23H,5,7,11-12H2,1-2H3/t18-/m0/s1. The molecule has 1 aromatic carbocycles. The minimum atomic E-state index is -0.0511. The highest BCUT2D eigenvalue weighted by Gasteiger charge is 2.28. The molecule has 1 saturated heterocycles. The molecule has 0 bridgehead atoms. The first-order valence-electron chi connectivity index (χ1n) is 8.99. The summed E-state index contributed by atoms with van der Waals surface area (Å²) >= 11 is 7.86. The molecule has 2 aromatic heterocycles. The van der Waals surface area contributed by atoms with Crippen molar-refractivity contribution < 1.29 is 4.74 Å². The van der Waals surface area contributed by atoms with Crippen LogP contribution in [-0.4, -0.2) is 23.2 Å². The molecule has 5 heteroatoms. The molecule has 1 aliphatic rings. The quantitative estimate of drug-likeness (QED) is 0.627. The van der Waals surface area contributed by atoms with Gasteiger partial charge in [0.05, 0.1) is 16.8 Å². The maximum atomic E-state index is 6.16. The molecule has 4 rings (SSSR count). The Morgan fingerprint density at radius 1 is 1.31 bits per heavy atom. The van der Waals surface area contributed by atoms with Crippen molar-refractivity contribution in [2.45, 2.75) is 44.9 Å². The van der Waals surface area contributed by atoms with Crippen LogP contribution in [0.1, 0.15) is 32.3 Å². The molecule has 0 spiro atoms. The zero-order chi connectivity index (χ0) is 18.1. The molecule has 3 heterocycles. The normalized spacial score (nSPS) is 19.7. The van der Waals surface area contributed by atoms with E-state index >= 15 is 0 Å². The minimum absolute atomic E-state index is 0.0511. The van der Waals surface area contributed by atoms with Crippen LogP contribution in [0.15, 0.2) is 41.1 Å². The molecule has 136 valence electrons. The Kier molecular flexibility index (Phi) is 5.02. The molecule has 1 N–H and O–H groups in total. The van der Waals surface area contributed by atoms with Crippen LogP contribution in [0.2, 0.25) is 5.02 Å². The summed E-state index contributed by atoms with van der Waals surface area (Å²) in [5.41, 5.74) is 4.32. The van der Waals surface area contributed by atoms with Gasteiger partial charge in [-0.15, -0.1) is 0 Å². The lowest BCUT2D eigenvalue weighted by molar-refractivity contribution is -0.0630. The number of aromatic nitrogens is 1. The Bertz CT molecular complexity index is 908. The van der Waals surface area contributed by atoms with Crippen molar-refractivity contribution in [3.8, 4) is 11.3 Å². The molecule has 0 saturated carbocycles. The molecule has 0 unspecified atom stereocenters. The van der Waals surface area contributed by atoms with Gasteiger partial charge >= 0.3 is 0 Å². The Labute approximate surface area is 163 Å². The van der Waals surface area contributed by atoms with Crippen LogP contribution in [0.25, 0.3) is 22.2 Å². The van der Waals surface area contributed by atoms with Crippen LogP contribution < -0.4 is 5.32 Å². The van der Waals surface area contributed by atoms with Crippen LogP contribution in [0, 0.1) is 0 Å². The van der Waals surface area contributed by atoms with Gasteiger partial charge in [-0.3, -0.25) is 0 Å². The summed E-state index contributed by atoms with van der Waals surface area (Å²) in [5, 5.41) is 9.82. The molecule has 0 radical (unpaired) electrons. The molecule has 1 aliphatic heterocycles. The predicted octanol–water partition coefficient (Wildman–Crippen LogP) is 5.66. The smallest absolute Gasteiger partial charge is 0.0763 e. The Morgan fingerprint density at radius 3 is 2.96 bits per heavy atom. The Balaban J connectivity index is 1.64. The lowest BCUT2D eigenvalue weighted by atomic mass is 9.93. The van der Waals surface area contributed by atoms with Crippen LogP contribution in [0.5, 0.6) is 0 Å². The molecule has 1 fully saturated rings.